The highest BCUT2D eigenvalue weighted by molar-refractivity contribution is 7.99. The first-order valence-corrected chi connectivity index (χ1v) is 9.48. The van der Waals surface area contributed by atoms with Gasteiger partial charge in [-0.1, -0.05) is 55.9 Å². The van der Waals surface area contributed by atoms with E-state index in [4.69, 9.17) is 0 Å². The van der Waals surface area contributed by atoms with Crippen LogP contribution in [0.15, 0.2) is 41.8 Å². The Kier molecular flexibility index (Phi) is 5.56. The molecule has 1 aromatic carbocycles. The van der Waals surface area contributed by atoms with Gasteiger partial charge in [0.1, 0.15) is 6.33 Å². The van der Waals surface area contributed by atoms with Crippen LogP contribution in [0.2, 0.25) is 0 Å². The third-order valence-electron chi connectivity index (χ3n) is 4.06. The maximum absolute atomic E-state index is 12.4. The van der Waals surface area contributed by atoms with E-state index in [0.717, 1.165) is 17.1 Å². The van der Waals surface area contributed by atoms with Gasteiger partial charge in [0.05, 0.1) is 11.8 Å². The minimum absolute atomic E-state index is 0.0415. The first-order valence-electron chi connectivity index (χ1n) is 8.50. The van der Waals surface area contributed by atoms with Crippen molar-refractivity contribution in [2.45, 2.75) is 50.4 Å². The van der Waals surface area contributed by atoms with Gasteiger partial charge >= 0.3 is 0 Å². The monoisotopic (exact) mass is 344 g/mol. The van der Waals surface area contributed by atoms with Gasteiger partial charge in [-0.2, -0.15) is 0 Å². The van der Waals surface area contributed by atoms with Crippen molar-refractivity contribution in [2.24, 2.45) is 5.92 Å². The topological polar surface area (TPSA) is 59.8 Å². The van der Waals surface area contributed by atoms with Gasteiger partial charge in [0.25, 0.3) is 0 Å². The van der Waals surface area contributed by atoms with Crippen LogP contribution in [-0.4, -0.2) is 26.4 Å². The maximum atomic E-state index is 12.4. The summed E-state index contributed by atoms with van der Waals surface area (Å²) in [6.45, 7) is 4.35. The van der Waals surface area contributed by atoms with E-state index >= 15 is 0 Å². The zero-order valence-electron chi connectivity index (χ0n) is 14.2. The smallest absolute Gasteiger partial charge is 0.230 e. The fourth-order valence-corrected chi connectivity index (χ4v) is 3.53. The number of carbonyl (C=O) groups is 1. The molecule has 1 saturated carbocycles. The van der Waals surface area contributed by atoms with Crippen LogP contribution in [0.4, 0.5) is 0 Å². The molecule has 1 N–H and O–H groups in total. The number of nitrogens with one attached hydrogen (secondary N) is 1. The molecule has 2 aromatic rings. The Morgan fingerprint density at radius 1 is 1.33 bits per heavy atom. The van der Waals surface area contributed by atoms with E-state index in [9.17, 15) is 4.79 Å². The third-order valence-corrected chi connectivity index (χ3v) is 5.01. The zero-order chi connectivity index (χ0) is 16.9. The highest BCUT2D eigenvalue weighted by atomic mass is 32.2. The number of carbonyl (C=O) groups excluding carboxylic acids is 1. The van der Waals surface area contributed by atoms with Crippen LogP contribution in [0.5, 0.6) is 0 Å². The van der Waals surface area contributed by atoms with Crippen LogP contribution in [0.3, 0.4) is 0 Å². The van der Waals surface area contributed by atoms with Crippen molar-refractivity contribution in [1.82, 2.24) is 20.1 Å². The summed E-state index contributed by atoms with van der Waals surface area (Å²) >= 11 is 1.46. The van der Waals surface area contributed by atoms with Crippen LogP contribution in [-0.2, 0) is 4.79 Å². The highest BCUT2D eigenvalue weighted by Gasteiger charge is 2.26. The summed E-state index contributed by atoms with van der Waals surface area (Å²) in [5.41, 5.74) is 1.16. The minimum atomic E-state index is 0.0415. The molecule has 0 spiro atoms. The number of benzene rings is 1. The van der Waals surface area contributed by atoms with Gasteiger partial charge in [-0.05, 0) is 30.7 Å². The average molecular weight is 344 g/mol. The summed E-state index contributed by atoms with van der Waals surface area (Å²) in [5.74, 6) is 0.924. The standard InChI is InChI=1S/C18H24N4OS/c1-13(2)10-16(14-6-4-3-5-7-14)20-17(23)11-24-18-21-19-12-22(18)15-8-9-15/h3-7,12-13,15-16H,8-11H2,1-2H3,(H,20,23)/t16-/m1/s1. The van der Waals surface area contributed by atoms with E-state index in [0.29, 0.717) is 17.7 Å². The van der Waals surface area contributed by atoms with Crippen molar-refractivity contribution >= 4 is 17.7 Å². The number of rotatable bonds is 8. The highest BCUT2D eigenvalue weighted by Crippen LogP contribution is 2.37. The van der Waals surface area contributed by atoms with E-state index in [2.05, 4.69) is 46.1 Å². The van der Waals surface area contributed by atoms with Crippen LogP contribution in [0, 0.1) is 5.92 Å². The Labute approximate surface area is 147 Å². The number of thioether (sulfide) groups is 1. The molecule has 5 nitrogen and oxygen atoms in total. The van der Waals surface area contributed by atoms with Gasteiger partial charge in [0, 0.05) is 6.04 Å². The molecule has 1 aliphatic rings. The van der Waals surface area contributed by atoms with Crippen LogP contribution < -0.4 is 5.32 Å². The van der Waals surface area contributed by atoms with Gasteiger partial charge in [-0.3, -0.25) is 4.79 Å². The normalized spacial score (nSPS) is 15.5. The van der Waals surface area contributed by atoms with Gasteiger partial charge in [-0.25, -0.2) is 0 Å². The van der Waals surface area contributed by atoms with Crippen molar-refractivity contribution in [1.29, 1.82) is 0 Å². The molecule has 1 aromatic heterocycles. The minimum Gasteiger partial charge on any atom is -0.349 e. The molecule has 0 bridgehead atoms. The van der Waals surface area contributed by atoms with Crippen LogP contribution >= 0.6 is 11.8 Å². The molecule has 3 rings (SSSR count). The molecule has 128 valence electrons. The third kappa shape index (κ3) is 4.60. The van der Waals surface area contributed by atoms with E-state index in [-0.39, 0.29) is 11.9 Å². The molecular formula is C18H24N4OS. The maximum Gasteiger partial charge on any atom is 0.230 e. The quantitative estimate of drug-likeness (QED) is 0.743. The van der Waals surface area contributed by atoms with Crippen molar-refractivity contribution in [2.75, 3.05) is 5.75 Å². The van der Waals surface area contributed by atoms with Gasteiger partial charge in [-0.15, -0.1) is 10.2 Å². The molecule has 0 saturated heterocycles. The first kappa shape index (κ1) is 17.0. The average Bonchev–Trinajstić information content (AvgIpc) is 3.31. The first-order chi connectivity index (χ1) is 11.6. The summed E-state index contributed by atoms with van der Waals surface area (Å²) in [4.78, 5) is 12.4. The molecule has 0 unspecified atom stereocenters. The summed E-state index contributed by atoms with van der Waals surface area (Å²) in [5, 5.41) is 12.1. The van der Waals surface area contributed by atoms with Crippen molar-refractivity contribution in [3.63, 3.8) is 0 Å². The molecule has 0 radical (unpaired) electrons. The second-order valence-corrected chi connectivity index (χ2v) is 7.64. The van der Waals surface area contributed by atoms with E-state index in [1.54, 1.807) is 6.33 Å². The van der Waals surface area contributed by atoms with E-state index < -0.39 is 0 Å². The number of hydrogen-bond donors (Lipinski definition) is 1. The lowest BCUT2D eigenvalue weighted by atomic mass is 9.97. The summed E-state index contributed by atoms with van der Waals surface area (Å²) in [7, 11) is 0. The Bertz CT molecular complexity index is 667. The van der Waals surface area contributed by atoms with E-state index in [1.807, 2.05) is 18.2 Å². The van der Waals surface area contributed by atoms with Gasteiger partial charge in [0.15, 0.2) is 5.16 Å². The Balaban J connectivity index is 1.58. The summed E-state index contributed by atoms with van der Waals surface area (Å²) in [6.07, 6.45) is 5.06. The fourth-order valence-electron chi connectivity index (χ4n) is 2.74. The van der Waals surface area contributed by atoms with Crippen molar-refractivity contribution in [3.05, 3.63) is 42.2 Å². The summed E-state index contributed by atoms with van der Waals surface area (Å²) < 4.78 is 2.08. The second kappa shape index (κ2) is 7.83. The van der Waals surface area contributed by atoms with E-state index in [1.165, 1.54) is 24.6 Å². The lowest BCUT2D eigenvalue weighted by Crippen LogP contribution is -2.31. The van der Waals surface area contributed by atoms with Gasteiger partial charge in [0.2, 0.25) is 5.91 Å². The zero-order valence-corrected chi connectivity index (χ0v) is 15.0. The molecule has 1 amide bonds. The molecular weight excluding hydrogens is 320 g/mol. The molecule has 6 heteroatoms. The molecule has 0 aliphatic heterocycles. The number of hydrogen-bond acceptors (Lipinski definition) is 4. The van der Waals surface area contributed by atoms with Crippen molar-refractivity contribution < 1.29 is 4.79 Å². The SMILES string of the molecule is CC(C)C[C@@H](NC(=O)CSc1nncn1C1CC1)c1ccccc1. The number of nitrogens with zero attached hydrogens (tertiary/aromatic N) is 3. The molecule has 1 atom stereocenters. The van der Waals surface area contributed by atoms with Gasteiger partial charge < -0.3 is 9.88 Å². The molecule has 1 heterocycles. The summed E-state index contributed by atoms with van der Waals surface area (Å²) in [6, 6.07) is 10.8. The second-order valence-electron chi connectivity index (χ2n) is 6.70. The number of aromatic nitrogens is 3. The molecule has 24 heavy (non-hydrogen) atoms. The lowest BCUT2D eigenvalue weighted by Gasteiger charge is -2.21. The lowest BCUT2D eigenvalue weighted by molar-refractivity contribution is -0.119. The van der Waals surface area contributed by atoms with Crippen LogP contribution in [0.1, 0.15) is 50.8 Å². The fraction of sp³-hybridized carbons (Fsp3) is 0.500. The predicted molar refractivity (Wildman–Crippen MR) is 95.8 cm³/mol. The Morgan fingerprint density at radius 3 is 2.75 bits per heavy atom. The van der Waals surface area contributed by atoms with Crippen LogP contribution in [0.25, 0.3) is 0 Å². The Morgan fingerprint density at radius 2 is 2.08 bits per heavy atom. The molecule has 1 fully saturated rings. The van der Waals surface area contributed by atoms with Crippen molar-refractivity contribution in [3.8, 4) is 0 Å². The number of amides is 1. The predicted octanol–water partition coefficient (Wildman–Crippen LogP) is 3.61. The Hall–Kier alpha value is -1.82. The molecule has 1 aliphatic carbocycles. The largest absolute Gasteiger partial charge is 0.349 e.